The molecule has 0 aromatic carbocycles. The number of hydrogen-bond donors (Lipinski definition) is 2. The van der Waals surface area contributed by atoms with Gasteiger partial charge in [0.15, 0.2) is 6.10 Å². The molecule has 4 aliphatic carbocycles. The predicted octanol–water partition coefficient (Wildman–Crippen LogP) is 0.735. The molecule has 4 aliphatic rings. The van der Waals surface area contributed by atoms with Gasteiger partial charge in [0.25, 0.3) is 5.91 Å². The summed E-state index contributed by atoms with van der Waals surface area (Å²) in [5.41, 5.74) is 3.86. The Labute approximate surface area is 112 Å². The van der Waals surface area contributed by atoms with E-state index in [-0.39, 0.29) is 5.97 Å². The maximum absolute atomic E-state index is 12.4. The first kappa shape index (κ1) is 12.9. The maximum Gasteiger partial charge on any atom is 0.312 e. The van der Waals surface area contributed by atoms with Gasteiger partial charge >= 0.3 is 5.97 Å². The number of aliphatic hydroxyl groups is 1. The molecular formula is C14H21NO4. The number of carbonyl (C=O) groups is 2. The first-order valence-electron chi connectivity index (χ1n) is 7.05. The van der Waals surface area contributed by atoms with E-state index in [2.05, 4.69) is 0 Å². The summed E-state index contributed by atoms with van der Waals surface area (Å²) < 4.78 is 5.22. The first-order valence-corrected chi connectivity index (χ1v) is 7.05. The number of amides is 1. The molecule has 0 aromatic rings. The summed E-state index contributed by atoms with van der Waals surface area (Å²) in [6.45, 7) is 1.50. The molecule has 4 rings (SSSR count). The molecule has 3 N–H and O–H groups in total. The highest BCUT2D eigenvalue weighted by molar-refractivity contribution is 5.84. The molecule has 0 aromatic heterocycles. The number of rotatable bonds is 3. The molecule has 19 heavy (non-hydrogen) atoms. The van der Waals surface area contributed by atoms with Crippen molar-refractivity contribution < 1.29 is 19.4 Å². The van der Waals surface area contributed by atoms with Gasteiger partial charge in [-0.2, -0.15) is 0 Å². The summed E-state index contributed by atoms with van der Waals surface area (Å²) in [5.74, 6) is -0.131. The average molecular weight is 267 g/mol. The molecule has 3 atom stereocenters. The van der Waals surface area contributed by atoms with E-state index in [0.717, 1.165) is 32.1 Å². The molecule has 106 valence electrons. The fourth-order valence-electron chi connectivity index (χ4n) is 4.80. The smallest absolute Gasteiger partial charge is 0.312 e. The van der Waals surface area contributed by atoms with Crippen molar-refractivity contribution in [3.63, 3.8) is 0 Å². The van der Waals surface area contributed by atoms with Crippen molar-refractivity contribution in [1.82, 2.24) is 0 Å². The lowest BCUT2D eigenvalue weighted by molar-refractivity contribution is -0.199. The number of nitrogens with two attached hydrogens (primary N) is 1. The van der Waals surface area contributed by atoms with Crippen LogP contribution in [0.15, 0.2) is 0 Å². The second kappa shape index (κ2) is 3.95. The van der Waals surface area contributed by atoms with Crippen LogP contribution < -0.4 is 5.73 Å². The lowest BCUT2D eigenvalue weighted by atomic mass is 9.48. The number of primary amides is 1. The van der Waals surface area contributed by atoms with Crippen molar-refractivity contribution >= 4 is 11.9 Å². The van der Waals surface area contributed by atoms with E-state index in [4.69, 9.17) is 10.5 Å². The van der Waals surface area contributed by atoms with Crippen LogP contribution in [0.4, 0.5) is 0 Å². The Bertz CT molecular complexity index is 419. The molecular weight excluding hydrogens is 246 g/mol. The minimum Gasteiger partial charge on any atom is -0.452 e. The van der Waals surface area contributed by atoms with Crippen LogP contribution in [0.2, 0.25) is 0 Å². The summed E-state index contributed by atoms with van der Waals surface area (Å²) in [5, 5.41) is 10.6. The van der Waals surface area contributed by atoms with Gasteiger partial charge in [-0.1, -0.05) is 0 Å². The van der Waals surface area contributed by atoms with E-state index < -0.39 is 23.0 Å². The molecule has 5 nitrogen and oxygen atoms in total. The Morgan fingerprint density at radius 1 is 1.26 bits per heavy atom. The first-order chi connectivity index (χ1) is 8.82. The van der Waals surface area contributed by atoms with E-state index in [1.807, 2.05) is 0 Å². The van der Waals surface area contributed by atoms with Gasteiger partial charge in [-0.25, -0.2) is 0 Å². The molecule has 4 bridgehead atoms. The topological polar surface area (TPSA) is 89.6 Å². The standard InChI is InChI=1S/C14H21NO4/c1-8(11(15)16)19-12(17)13-3-9-2-10(4-13)6-14(18,5-9)7-13/h8-10,18H,2-7H2,1H3,(H2,15,16)/t8-,9-,10-,13?,14?/m1/s1. The van der Waals surface area contributed by atoms with Crippen molar-refractivity contribution in [1.29, 1.82) is 0 Å². The van der Waals surface area contributed by atoms with Gasteiger partial charge in [0, 0.05) is 0 Å². The summed E-state index contributed by atoms with van der Waals surface area (Å²) >= 11 is 0. The van der Waals surface area contributed by atoms with Crippen molar-refractivity contribution in [3.05, 3.63) is 0 Å². The quantitative estimate of drug-likeness (QED) is 0.738. The fourth-order valence-corrected chi connectivity index (χ4v) is 4.80. The van der Waals surface area contributed by atoms with Gasteiger partial charge in [-0.15, -0.1) is 0 Å². The van der Waals surface area contributed by atoms with Gasteiger partial charge < -0.3 is 15.6 Å². The monoisotopic (exact) mass is 267 g/mol. The zero-order chi connectivity index (χ0) is 13.8. The number of hydrogen-bond acceptors (Lipinski definition) is 4. The zero-order valence-corrected chi connectivity index (χ0v) is 11.2. The van der Waals surface area contributed by atoms with Gasteiger partial charge in [0.05, 0.1) is 11.0 Å². The molecule has 0 heterocycles. The summed E-state index contributed by atoms with van der Waals surface area (Å²) in [6, 6.07) is 0. The molecule has 0 spiro atoms. The average Bonchev–Trinajstić information content (AvgIpc) is 2.24. The third kappa shape index (κ3) is 2.04. The normalized spacial score (nSPS) is 44.9. The van der Waals surface area contributed by atoms with Crippen LogP contribution in [0.25, 0.3) is 0 Å². The van der Waals surface area contributed by atoms with Crippen molar-refractivity contribution in [2.24, 2.45) is 23.0 Å². The van der Waals surface area contributed by atoms with Crippen LogP contribution in [0, 0.1) is 17.3 Å². The van der Waals surface area contributed by atoms with E-state index in [1.165, 1.54) is 6.92 Å². The number of esters is 1. The van der Waals surface area contributed by atoms with Gasteiger partial charge in [-0.05, 0) is 57.3 Å². The fraction of sp³-hybridized carbons (Fsp3) is 0.857. The predicted molar refractivity (Wildman–Crippen MR) is 66.8 cm³/mol. The summed E-state index contributed by atoms with van der Waals surface area (Å²) in [6.07, 6.45) is 3.90. The molecule has 5 heteroatoms. The summed E-state index contributed by atoms with van der Waals surface area (Å²) in [7, 11) is 0. The molecule has 4 saturated carbocycles. The molecule has 4 fully saturated rings. The van der Waals surface area contributed by atoms with E-state index in [9.17, 15) is 14.7 Å². The van der Waals surface area contributed by atoms with Crippen LogP contribution >= 0.6 is 0 Å². The minimum atomic E-state index is -0.893. The lowest BCUT2D eigenvalue weighted by Crippen LogP contribution is -2.59. The number of carbonyl (C=O) groups excluding carboxylic acids is 2. The van der Waals surface area contributed by atoms with Crippen molar-refractivity contribution in [3.8, 4) is 0 Å². The number of ether oxygens (including phenoxy) is 1. The Morgan fingerprint density at radius 3 is 2.32 bits per heavy atom. The Morgan fingerprint density at radius 2 is 1.84 bits per heavy atom. The largest absolute Gasteiger partial charge is 0.452 e. The summed E-state index contributed by atoms with van der Waals surface area (Å²) in [4.78, 5) is 23.4. The molecule has 0 aliphatic heterocycles. The van der Waals surface area contributed by atoms with Crippen LogP contribution in [-0.4, -0.2) is 28.7 Å². The zero-order valence-electron chi connectivity index (χ0n) is 11.2. The van der Waals surface area contributed by atoms with Crippen LogP contribution in [0.5, 0.6) is 0 Å². The highest BCUT2D eigenvalue weighted by atomic mass is 16.5. The molecule has 0 saturated heterocycles. The highest BCUT2D eigenvalue weighted by Gasteiger charge is 2.61. The Kier molecular flexibility index (Phi) is 2.68. The Hall–Kier alpha value is -1.10. The molecule has 0 radical (unpaired) electrons. The van der Waals surface area contributed by atoms with Crippen LogP contribution in [0.1, 0.15) is 45.4 Å². The van der Waals surface area contributed by atoms with E-state index in [0.29, 0.717) is 18.3 Å². The second-order valence-electron chi connectivity index (χ2n) is 6.92. The minimum absolute atomic E-state index is 0.341. The van der Waals surface area contributed by atoms with Crippen LogP contribution in [0.3, 0.4) is 0 Å². The van der Waals surface area contributed by atoms with Gasteiger partial charge in [-0.3, -0.25) is 9.59 Å². The highest BCUT2D eigenvalue weighted by Crippen LogP contribution is 2.62. The van der Waals surface area contributed by atoms with Crippen molar-refractivity contribution in [2.45, 2.75) is 57.2 Å². The third-order valence-corrected chi connectivity index (χ3v) is 5.15. The van der Waals surface area contributed by atoms with E-state index in [1.54, 1.807) is 0 Å². The molecule has 0 unspecified atom stereocenters. The molecule has 1 amide bonds. The lowest BCUT2D eigenvalue weighted by Gasteiger charge is -2.58. The van der Waals surface area contributed by atoms with Crippen molar-refractivity contribution in [2.75, 3.05) is 0 Å². The van der Waals surface area contributed by atoms with E-state index >= 15 is 0 Å². The maximum atomic E-state index is 12.4. The van der Waals surface area contributed by atoms with Gasteiger partial charge in [0.2, 0.25) is 0 Å². The second-order valence-corrected chi connectivity index (χ2v) is 6.92. The SMILES string of the molecule is C[C@@H](OC(=O)C12C[C@H]3C[C@@H](CC(O)(C3)C1)C2)C(N)=O. The third-order valence-electron chi connectivity index (χ3n) is 5.15. The Balaban J connectivity index is 1.80. The van der Waals surface area contributed by atoms with Gasteiger partial charge in [0.1, 0.15) is 0 Å². The van der Waals surface area contributed by atoms with Crippen LogP contribution in [-0.2, 0) is 14.3 Å².